The Labute approximate surface area is 108 Å². The van der Waals surface area contributed by atoms with Crippen molar-refractivity contribution in [3.63, 3.8) is 0 Å². The van der Waals surface area contributed by atoms with Crippen molar-refractivity contribution in [1.82, 2.24) is 4.98 Å². The minimum atomic E-state index is -0.372. The smallest absolute Gasteiger partial charge is 0.188 e. The largest absolute Gasteiger partial charge is 0.483 e. The molecule has 2 rings (SSSR count). The summed E-state index contributed by atoms with van der Waals surface area (Å²) >= 11 is 3.18. The summed E-state index contributed by atoms with van der Waals surface area (Å²) in [6, 6.07) is 9.61. The number of ether oxygens (including phenoxy) is 1. The van der Waals surface area contributed by atoms with Crippen LogP contribution in [-0.2, 0) is 6.61 Å². The molecule has 2 nitrogen and oxygen atoms in total. The second-order valence-electron chi connectivity index (χ2n) is 3.65. The van der Waals surface area contributed by atoms with Crippen LogP contribution in [0.2, 0.25) is 0 Å². The standard InChI is InChI=1S/C13H11BrFNO/c1-9-7-16-13(14)12(11(9)15)17-8-10-5-3-2-4-6-10/h2-7H,8H2,1H3. The van der Waals surface area contributed by atoms with Crippen LogP contribution in [0.25, 0.3) is 0 Å². The van der Waals surface area contributed by atoms with Gasteiger partial charge in [0.25, 0.3) is 0 Å². The van der Waals surface area contributed by atoms with Crippen LogP contribution in [0, 0.1) is 12.7 Å². The van der Waals surface area contributed by atoms with E-state index < -0.39 is 0 Å². The molecule has 0 saturated carbocycles. The first-order chi connectivity index (χ1) is 8.18. The Morgan fingerprint density at radius 3 is 2.71 bits per heavy atom. The van der Waals surface area contributed by atoms with Gasteiger partial charge in [0.1, 0.15) is 6.61 Å². The monoisotopic (exact) mass is 295 g/mol. The fraction of sp³-hybridized carbons (Fsp3) is 0.154. The number of nitrogens with zero attached hydrogens (tertiary/aromatic N) is 1. The van der Waals surface area contributed by atoms with Gasteiger partial charge in [0, 0.05) is 11.8 Å². The van der Waals surface area contributed by atoms with Crippen molar-refractivity contribution in [1.29, 1.82) is 0 Å². The van der Waals surface area contributed by atoms with Gasteiger partial charge in [-0.3, -0.25) is 0 Å². The second-order valence-corrected chi connectivity index (χ2v) is 4.40. The number of rotatable bonds is 3. The SMILES string of the molecule is Cc1cnc(Br)c(OCc2ccccc2)c1F. The van der Waals surface area contributed by atoms with Gasteiger partial charge in [0.05, 0.1) is 0 Å². The average Bonchev–Trinajstić information content (AvgIpc) is 2.35. The molecular weight excluding hydrogens is 285 g/mol. The highest BCUT2D eigenvalue weighted by Crippen LogP contribution is 2.28. The lowest BCUT2D eigenvalue weighted by Gasteiger charge is -2.09. The molecule has 2 aromatic rings. The molecule has 0 amide bonds. The van der Waals surface area contributed by atoms with Gasteiger partial charge in [-0.1, -0.05) is 30.3 Å². The molecule has 0 aliphatic carbocycles. The fourth-order valence-electron chi connectivity index (χ4n) is 1.39. The predicted octanol–water partition coefficient (Wildman–Crippen LogP) is 3.87. The lowest BCUT2D eigenvalue weighted by atomic mass is 10.2. The summed E-state index contributed by atoms with van der Waals surface area (Å²) in [5.41, 5.74) is 1.46. The quantitative estimate of drug-likeness (QED) is 0.802. The van der Waals surface area contributed by atoms with Crippen LogP contribution in [0.4, 0.5) is 4.39 Å². The zero-order valence-corrected chi connectivity index (χ0v) is 10.9. The highest BCUT2D eigenvalue weighted by molar-refractivity contribution is 9.10. The first kappa shape index (κ1) is 12.0. The molecule has 4 heteroatoms. The summed E-state index contributed by atoms with van der Waals surface area (Å²) in [7, 11) is 0. The first-order valence-electron chi connectivity index (χ1n) is 5.16. The number of benzene rings is 1. The van der Waals surface area contributed by atoms with E-state index in [9.17, 15) is 4.39 Å². The van der Waals surface area contributed by atoms with Gasteiger partial charge in [0.2, 0.25) is 0 Å². The number of hydrogen-bond acceptors (Lipinski definition) is 2. The number of aryl methyl sites for hydroxylation is 1. The summed E-state index contributed by atoms with van der Waals surface area (Å²) in [4.78, 5) is 4.00. The van der Waals surface area contributed by atoms with Crippen LogP contribution in [0.1, 0.15) is 11.1 Å². The van der Waals surface area contributed by atoms with Gasteiger partial charge in [0.15, 0.2) is 16.2 Å². The first-order valence-corrected chi connectivity index (χ1v) is 5.95. The molecule has 0 aliphatic rings. The third-order valence-corrected chi connectivity index (χ3v) is 2.90. The predicted molar refractivity (Wildman–Crippen MR) is 67.4 cm³/mol. The molecule has 0 unspecified atom stereocenters. The molecule has 0 spiro atoms. The minimum absolute atomic E-state index is 0.161. The Morgan fingerprint density at radius 1 is 1.29 bits per heavy atom. The zero-order chi connectivity index (χ0) is 12.3. The summed E-state index contributed by atoms with van der Waals surface area (Å²) in [6.07, 6.45) is 1.47. The Hall–Kier alpha value is -1.42. The molecule has 1 aromatic carbocycles. The van der Waals surface area contributed by atoms with Gasteiger partial charge in [-0.25, -0.2) is 9.37 Å². The lowest BCUT2D eigenvalue weighted by Crippen LogP contribution is -2.00. The number of halogens is 2. The van der Waals surface area contributed by atoms with Crippen LogP contribution in [0.5, 0.6) is 5.75 Å². The summed E-state index contributed by atoms with van der Waals surface area (Å²) in [5, 5.41) is 0. The second kappa shape index (κ2) is 5.27. The van der Waals surface area contributed by atoms with Gasteiger partial charge in [-0.2, -0.15) is 0 Å². The Kier molecular flexibility index (Phi) is 3.74. The molecule has 0 atom stereocenters. The molecule has 0 saturated heterocycles. The highest BCUT2D eigenvalue weighted by Gasteiger charge is 2.12. The minimum Gasteiger partial charge on any atom is -0.483 e. The van der Waals surface area contributed by atoms with Crippen molar-refractivity contribution in [3.8, 4) is 5.75 Å². The Balaban J connectivity index is 2.17. The molecule has 0 N–H and O–H groups in total. The van der Waals surface area contributed by atoms with Crippen LogP contribution >= 0.6 is 15.9 Å². The summed E-state index contributed by atoms with van der Waals surface area (Å²) in [5.74, 6) is -0.211. The van der Waals surface area contributed by atoms with E-state index in [1.807, 2.05) is 30.3 Å². The van der Waals surface area contributed by atoms with E-state index in [-0.39, 0.29) is 11.6 Å². The van der Waals surface area contributed by atoms with E-state index in [0.717, 1.165) is 5.56 Å². The van der Waals surface area contributed by atoms with Crippen LogP contribution < -0.4 is 4.74 Å². The fourth-order valence-corrected chi connectivity index (χ4v) is 1.78. The van der Waals surface area contributed by atoms with E-state index in [0.29, 0.717) is 16.8 Å². The Bertz CT molecular complexity index is 516. The van der Waals surface area contributed by atoms with Crippen molar-refractivity contribution < 1.29 is 9.13 Å². The van der Waals surface area contributed by atoms with E-state index in [1.165, 1.54) is 6.20 Å². The maximum atomic E-state index is 13.8. The molecule has 0 bridgehead atoms. The average molecular weight is 296 g/mol. The number of hydrogen-bond donors (Lipinski definition) is 0. The van der Waals surface area contributed by atoms with Crippen molar-refractivity contribution in [2.45, 2.75) is 13.5 Å². The molecule has 88 valence electrons. The number of aromatic nitrogens is 1. The van der Waals surface area contributed by atoms with Crippen LogP contribution in [0.15, 0.2) is 41.1 Å². The summed E-state index contributed by atoms with van der Waals surface area (Å²) < 4.78 is 19.6. The summed E-state index contributed by atoms with van der Waals surface area (Å²) in [6.45, 7) is 1.98. The molecule has 1 aromatic heterocycles. The van der Waals surface area contributed by atoms with Gasteiger partial charge in [-0.05, 0) is 28.4 Å². The molecule has 0 radical (unpaired) electrons. The van der Waals surface area contributed by atoms with Crippen molar-refractivity contribution in [3.05, 3.63) is 58.1 Å². The van der Waals surface area contributed by atoms with Crippen molar-refractivity contribution in [2.75, 3.05) is 0 Å². The molecule has 0 aliphatic heterocycles. The third kappa shape index (κ3) is 2.82. The van der Waals surface area contributed by atoms with E-state index in [2.05, 4.69) is 20.9 Å². The van der Waals surface area contributed by atoms with E-state index >= 15 is 0 Å². The highest BCUT2D eigenvalue weighted by atomic mass is 79.9. The van der Waals surface area contributed by atoms with Crippen molar-refractivity contribution in [2.24, 2.45) is 0 Å². The topological polar surface area (TPSA) is 22.1 Å². The number of pyridine rings is 1. The Morgan fingerprint density at radius 2 is 2.00 bits per heavy atom. The van der Waals surface area contributed by atoms with Gasteiger partial charge in [-0.15, -0.1) is 0 Å². The zero-order valence-electron chi connectivity index (χ0n) is 9.28. The molecular formula is C13H11BrFNO. The van der Waals surface area contributed by atoms with Gasteiger partial charge >= 0.3 is 0 Å². The lowest BCUT2D eigenvalue weighted by molar-refractivity contribution is 0.285. The molecule has 17 heavy (non-hydrogen) atoms. The van der Waals surface area contributed by atoms with Crippen molar-refractivity contribution >= 4 is 15.9 Å². The van der Waals surface area contributed by atoms with Crippen LogP contribution in [0.3, 0.4) is 0 Å². The van der Waals surface area contributed by atoms with Gasteiger partial charge < -0.3 is 4.74 Å². The normalized spacial score (nSPS) is 10.3. The third-order valence-electron chi connectivity index (χ3n) is 2.33. The van der Waals surface area contributed by atoms with E-state index in [4.69, 9.17) is 4.74 Å². The maximum Gasteiger partial charge on any atom is 0.188 e. The molecule has 1 heterocycles. The van der Waals surface area contributed by atoms with Crippen LogP contribution in [-0.4, -0.2) is 4.98 Å². The van der Waals surface area contributed by atoms with E-state index in [1.54, 1.807) is 6.92 Å². The maximum absolute atomic E-state index is 13.8. The molecule has 0 fully saturated rings.